The lowest BCUT2D eigenvalue weighted by molar-refractivity contribution is -0.138. The van der Waals surface area contributed by atoms with Gasteiger partial charge in [0.25, 0.3) is 0 Å². The number of ether oxygens (including phenoxy) is 1. The first kappa shape index (κ1) is 16.9. The highest BCUT2D eigenvalue weighted by molar-refractivity contribution is 6.32. The van der Waals surface area contributed by atoms with Crippen molar-refractivity contribution in [1.29, 1.82) is 0 Å². The smallest absolute Gasteiger partial charge is 0.405 e. The van der Waals surface area contributed by atoms with E-state index in [9.17, 15) is 18.0 Å². The molecule has 0 unspecified atom stereocenters. The van der Waals surface area contributed by atoms with Crippen molar-refractivity contribution < 1.29 is 22.7 Å². The van der Waals surface area contributed by atoms with Gasteiger partial charge in [-0.3, -0.25) is 9.69 Å². The molecule has 122 valence electrons. The summed E-state index contributed by atoms with van der Waals surface area (Å²) in [4.78, 5) is 13.2. The fourth-order valence-electron chi connectivity index (χ4n) is 2.21. The highest BCUT2D eigenvalue weighted by Crippen LogP contribution is 2.26. The van der Waals surface area contributed by atoms with Crippen molar-refractivity contribution in [2.75, 3.05) is 26.2 Å². The van der Waals surface area contributed by atoms with Gasteiger partial charge in [-0.1, -0.05) is 23.7 Å². The maximum atomic E-state index is 12.0. The summed E-state index contributed by atoms with van der Waals surface area (Å²) in [6.07, 6.45) is -3.83. The quantitative estimate of drug-likeness (QED) is 0.898. The second kappa shape index (κ2) is 7.19. The molecule has 0 aromatic heterocycles. The molecule has 1 aliphatic rings. The molecule has 8 heteroatoms. The molecule has 22 heavy (non-hydrogen) atoms. The number of amides is 1. The Balaban J connectivity index is 1.76. The van der Waals surface area contributed by atoms with Gasteiger partial charge in [0.2, 0.25) is 5.91 Å². The van der Waals surface area contributed by atoms with Crippen LogP contribution in [0.15, 0.2) is 24.3 Å². The fraction of sp³-hybridized carbons (Fsp3) is 0.500. The maximum Gasteiger partial charge on any atom is 0.405 e. The molecule has 0 aliphatic carbocycles. The third kappa shape index (κ3) is 5.38. The van der Waals surface area contributed by atoms with Gasteiger partial charge in [0.05, 0.1) is 11.6 Å². The largest absolute Gasteiger partial charge is 0.487 e. The van der Waals surface area contributed by atoms with Gasteiger partial charge in [-0.2, -0.15) is 13.2 Å². The Morgan fingerprint density at radius 3 is 2.82 bits per heavy atom. The topological polar surface area (TPSA) is 41.6 Å². The van der Waals surface area contributed by atoms with Gasteiger partial charge in [0.15, 0.2) is 0 Å². The third-order valence-corrected chi connectivity index (χ3v) is 3.52. The Bertz CT molecular complexity index is 525. The van der Waals surface area contributed by atoms with Crippen molar-refractivity contribution in [2.24, 2.45) is 0 Å². The number of nitrogens with zero attached hydrogens (tertiary/aromatic N) is 1. The highest BCUT2D eigenvalue weighted by atomic mass is 35.5. The number of benzene rings is 1. The lowest BCUT2D eigenvalue weighted by Crippen LogP contribution is -2.40. The van der Waals surface area contributed by atoms with Gasteiger partial charge < -0.3 is 10.1 Å². The normalized spacial score (nSPS) is 19.2. The summed E-state index contributed by atoms with van der Waals surface area (Å²) >= 11 is 6.00. The van der Waals surface area contributed by atoms with E-state index in [0.717, 1.165) is 0 Å². The lowest BCUT2D eigenvalue weighted by Gasteiger charge is -2.17. The molecule has 1 heterocycles. The second-order valence-electron chi connectivity index (χ2n) is 5.09. The molecule has 1 amide bonds. The number of alkyl halides is 3. The number of hydrogen-bond donors (Lipinski definition) is 1. The summed E-state index contributed by atoms with van der Waals surface area (Å²) in [6.45, 7) is -0.309. The predicted molar refractivity (Wildman–Crippen MR) is 76.0 cm³/mol. The van der Waals surface area contributed by atoms with Crippen molar-refractivity contribution >= 4 is 17.5 Å². The first-order valence-corrected chi connectivity index (χ1v) is 7.18. The van der Waals surface area contributed by atoms with E-state index in [1.807, 2.05) is 5.32 Å². The molecule has 4 nitrogen and oxygen atoms in total. The van der Waals surface area contributed by atoms with Crippen LogP contribution >= 0.6 is 11.6 Å². The van der Waals surface area contributed by atoms with Gasteiger partial charge in [-0.15, -0.1) is 0 Å². The number of halogens is 4. The molecule has 0 bridgehead atoms. The predicted octanol–water partition coefficient (Wildman–Crippen LogP) is 2.47. The van der Waals surface area contributed by atoms with Crippen LogP contribution in [0.1, 0.15) is 6.42 Å². The number of likely N-dealkylation sites (tertiary alicyclic amines) is 1. The van der Waals surface area contributed by atoms with E-state index in [2.05, 4.69) is 0 Å². The molecule has 1 aromatic carbocycles. The minimum absolute atomic E-state index is 0.0710. The third-order valence-electron chi connectivity index (χ3n) is 3.21. The van der Waals surface area contributed by atoms with Crippen LogP contribution in [0.3, 0.4) is 0 Å². The van der Waals surface area contributed by atoms with Gasteiger partial charge >= 0.3 is 6.18 Å². The van der Waals surface area contributed by atoms with Gasteiger partial charge in [0.1, 0.15) is 18.4 Å². The molecule has 0 saturated carbocycles. The van der Waals surface area contributed by atoms with Crippen LogP contribution in [0.2, 0.25) is 5.02 Å². The van der Waals surface area contributed by atoms with Crippen molar-refractivity contribution in [2.45, 2.75) is 18.7 Å². The van der Waals surface area contributed by atoms with E-state index in [1.54, 1.807) is 29.2 Å². The summed E-state index contributed by atoms with van der Waals surface area (Å²) in [5.41, 5.74) is 0. The SMILES string of the molecule is O=C(CN1CC[C@@H](Oc2ccccc2Cl)C1)NCC(F)(F)F. The average molecular weight is 337 g/mol. The van der Waals surface area contributed by atoms with Crippen LogP contribution in [-0.4, -0.2) is 49.3 Å². The number of carbonyl (C=O) groups excluding carboxylic acids is 1. The Morgan fingerprint density at radius 1 is 1.41 bits per heavy atom. The number of rotatable bonds is 5. The van der Waals surface area contributed by atoms with E-state index in [0.29, 0.717) is 30.3 Å². The Kier molecular flexibility index (Phi) is 5.52. The maximum absolute atomic E-state index is 12.0. The van der Waals surface area contributed by atoms with E-state index < -0.39 is 18.6 Å². The number of hydrogen-bond acceptors (Lipinski definition) is 3. The monoisotopic (exact) mass is 336 g/mol. The van der Waals surface area contributed by atoms with Gasteiger partial charge in [-0.05, 0) is 18.6 Å². The van der Waals surface area contributed by atoms with Crippen molar-refractivity contribution in [1.82, 2.24) is 10.2 Å². The van der Waals surface area contributed by atoms with Gasteiger partial charge in [-0.25, -0.2) is 0 Å². The van der Waals surface area contributed by atoms with Gasteiger partial charge in [0, 0.05) is 13.1 Å². The zero-order chi connectivity index (χ0) is 16.2. The summed E-state index contributed by atoms with van der Waals surface area (Å²) in [7, 11) is 0. The Hall–Kier alpha value is -1.47. The summed E-state index contributed by atoms with van der Waals surface area (Å²) < 4.78 is 41.8. The van der Waals surface area contributed by atoms with E-state index in [4.69, 9.17) is 16.3 Å². The molecule has 2 rings (SSSR count). The lowest BCUT2D eigenvalue weighted by atomic mass is 10.3. The molecule has 1 atom stereocenters. The molecular formula is C14H16ClF3N2O2. The molecule has 0 radical (unpaired) electrons. The zero-order valence-electron chi connectivity index (χ0n) is 11.7. The average Bonchev–Trinajstić information content (AvgIpc) is 2.86. The van der Waals surface area contributed by atoms with Crippen LogP contribution in [0.4, 0.5) is 13.2 Å². The highest BCUT2D eigenvalue weighted by Gasteiger charge is 2.29. The summed E-state index contributed by atoms with van der Waals surface area (Å²) in [5.74, 6) is -0.0757. The van der Waals surface area contributed by atoms with E-state index >= 15 is 0 Å². The van der Waals surface area contributed by atoms with Crippen molar-refractivity contribution in [3.05, 3.63) is 29.3 Å². The summed E-state index contributed by atoms with van der Waals surface area (Å²) in [5, 5.41) is 2.36. The standard InChI is InChI=1S/C14H16ClF3N2O2/c15-11-3-1-2-4-12(11)22-10-5-6-20(7-10)8-13(21)19-9-14(16,17)18/h1-4,10H,5-9H2,(H,19,21)/t10-/m1/s1. The van der Waals surface area contributed by atoms with Crippen LogP contribution < -0.4 is 10.1 Å². The minimum atomic E-state index is -4.39. The van der Waals surface area contributed by atoms with Crippen LogP contribution in [-0.2, 0) is 4.79 Å². The van der Waals surface area contributed by atoms with E-state index in [-0.39, 0.29) is 12.6 Å². The fourth-order valence-corrected chi connectivity index (χ4v) is 2.39. The first-order valence-electron chi connectivity index (χ1n) is 6.80. The summed E-state index contributed by atoms with van der Waals surface area (Å²) in [6, 6.07) is 7.06. The molecule has 1 fully saturated rings. The molecular weight excluding hydrogens is 321 g/mol. The Morgan fingerprint density at radius 2 is 2.14 bits per heavy atom. The number of carbonyl (C=O) groups is 1. The zero-order valence-corrected chi connectivity index (χ0v) is 12.5. The second-order valence-corrected chi connectivity index (χ2v) is 5.49. The molecule has 1 aliphatic heterocycles. The van der Waals surface area contributed by atoms with Crippen molar-refractivity contribution in [3.63, 3.8) is 0 Å². The molecule has 1 N–H and O–H groups in total. The number of nitrogens with one attached hydrogen (secondary N) is 1. The Labute approximate surface area is 131 Å². The first-order chi connectivity index (χ1) is 10.3. The van der Waals surface area contributed by atoms with Crippen LogP contribution in [0, 0.1) is 0 Å². The molecule has 1 aromatic rings. The van der Waals surface area contributed by atoms with Crippen molar-refractivity contribution in [3.8, 4) is 5.75 Å². The molecule has 0 spiro atoms. The van der Waals surface area contributed by atoms with E-state index in [1.165, 1.54) is 0 Å². The number of para-hydroxylation sites is 1. The van der Waals surface area contributed by atoms with Crippen LogP contribution in [0.25, 0.3) is 0 Å². The minimum Gasteiger partial charge on any atom is -0.487 e. The van der Waals surface area contributed by atoms with Crippen LogP contribution in [0.5, 0.6) is 5.75 Å². The molecule has 1 saturated heterocycles.